The quantitative estimate of drug-likeness (QED) is 0.852. The van der Waals surface area contributed by atoms with E-state index >= 15 is 0 Å². The van der Waals surface area contributed by atoms with E-state index in [-0.39, 0.29) is 17.2 Å². The predicted molar refractivity (Wildman–Crippen MR) is 78.0 cm³/mol. The number of benzene rings is 1. The summed E-state index contributed by atoms with van der Waals surface area (Å²) in [4.78, 5) is 25.4. The van der Waals surface area contributed by atoms with E-state index < -0.39 is 0 Å². The number of carbonyl (C=O) groups excluding carboxylic acids is 2. The Labute approximate surface area is 124 Å². The van der Waals surface area contributed by atoms with Crippen molar-refractivity contribution in [2.24, 2.45) is 0 Å². The van der Waals surface area contributed by atoms with Gasteiger partial charge in [0, 0.05) is 23.3 Å². The van der Waals surface area contributed by atoms with Crippen LogP contribution in [0.5, 0.6) is 0 Å². The van der Waals surface area contributed by atoms with Gasteiger partial charge in [-0.25, -0.2) is 0 Å². The normalized spacial score (nSPS) is 22.1. The summed E-state index contributed by atoms with van der Waals surface area (Å²) >= 11 is 4.72. The van der Waals surface area contributed by atoms with Gasteiger partial charge in [-0.1, -0.05) is 39.8 Å². The Morgan fingerprint density at radius 3 is 3.05 bits per heavy atom. The van der Waals surface area contributed by atoms with Crippen LogP contribution in [0.15, 0.2) is 22.7 Å². The van der Waals surface area contributed by atoms with Crippen LogP contribution in [0, 0.1) is 0 Å². The van der Waals surface area contributed by atoms with E-state index in [1.165, 1.54) is 22.9 Å². The summed E-state index contributed by atoms with van der Waals surface area (Å²) in [6.07, 6.45) is 0.869. The van der Waals surface area contributed by atoms with Crippen LogP contribution in [0.1, 0.15) is 11.1 Å². The number of nitrogens with one attached hydrogen (secondary N) is 1. The Morgan fingerprint density at radius 2 is 2.32 bits per heavy atom. The summed E-state index contributed by atoms with van der Waals surface area (Å²) in [5.41, 5.74) is 2.47. The minimum atomic E-state index is -0.360. The number of amides is 2. The molecule has 0 aromatic heterocycles. The first kappa shape index (κ1) is 13.0. The maximum atomic E-state index is 12.3. The largest absolute Gasteiger partial charge is 0.336 e. The molecule has 0 spiro atoms. The van der Waals surface area contributed by atoms with Crippen molar-refractivity contribution in [2.75, 3.05) is 12.3 Å². The summed E-state index contributed by atoms with van der Waals surface area (Å²) in [6, 6.07) is 5.77. The lowest BCUT2D eigenvalue weighted by molar-refractivity contribution is -0.133. The summed E-state index contributed by atoms with van der Waals surface area (Å²) in [5, 5.41) is 2.61. The molecule has 6 heteroatoms. The van der Waals surface area contributed by atoms with Crippen molar-refractivity contribution in [3.8, 4) is 0 Å². The fourth-order valence-electron chi connectivity index (χ4n) is 2.47. The number of fused-ring (bicyclic) bond motifs is 1. The molecule has 1 saturated heterocycles. The Balaban J connectivity index is 1.76. The van der Waals surface area contributed by atoms with Gasteiger partial charge >= 0.3 is 0 Å². The topological polar surface area (TPSA) is 49.4 Å². The number of hydrogen-bond acceptors (Lipinski definition) is 3. The van der Waals surface area contributed by atoms with Gasteiger partial charge in [-0.15, -0.1) is 0 Å². The Kier molecular flexibility index (Phi) is 3.54. The van der Waals surface area contributed by atoms with Crippen LogP contribution < -0.4 is 5.32 Å². The van der Waals surface area contributed by atoms with E-state index in [0.29, 0.717) is 12.3 Å². The highest BCUT2D eigenvalue weighted by Gasteiger charge is 2.33. The summed E-state index contributed by atoms with van der Waals surface area (Å²) in [6.45, 7) is 1.34. The van der Waals surface area contributed by atoms with Gasteiger partial charge in [-0.05, 0) is 23.6 Å². The molecule has 1 aromatic rings. The highest BCUT2D eigenvalue weighted by molar-refractivity contribution is 9.10. The SMILES string of the molecule is O=C1NC(C(=O)N2CCc3cccc(Br)c3C2)CS1. The van der Waals surface area contributed by atoms with Crippen molar-refractivity contribution < 1.29 is 9.59 Å². The van der Waals surface area contributed by atoms with Crippen LogP contribution in [0.2, 0.25) is 0 Å². The fourth-order valence-corrected chi connectivity index (χ4v) is 3.77. The second-order valence-corrected chi connectivity index (χ2v) is 6.53. The molecule has 2 amide bonds. The Hall–Kier alpha value is -1.01. The third kappa shape index (κ3) is 2.51. The average molecular weight is 341 g/mol. The molecule has 1 fully saturated rings. The minimum absolute atomic E-state index is 0.0275. The van der Waals surface area contributed by atoms with E-state index in [4.69, 9.17) is 0 Å². The molecule has 3 rings (SSSR count). The van der Waals surface area contributed by atoms with Crippen LogP contribution in [0.3, 0.4) is 0 Å². The van der Waals surface area contributed by atoms with Gasteiger partial charge < -0.3 is 10.2 Å². The molecule has 1 N–H and O–H groups in total. The molecule has 1 atom stereocenters. The Bertz CT molecular complexity index is 549. The zero-order valence-electron chi connectivity index (χ0n) is 10.2. The third-order valence-corrected chi connectivity index (χ3v) is 5.12. The molecule has 2 heterocycles. The number of thioether (sulfide) groups is 1. The van der Waals surface area contributed by atoms with Gasteiger partial charge in [0.1, 0.15) is 6.04 Å². The van der Waals surface area contributed by atoms with Gasteiger partial charge in [-0.2, -0.15) is 0 Å². The number of rotatable bonds is 1. The molecular formula is C13H13BrN2O2S. The van der Waals surface area contributed by atoms with Crippen molar-refractivity contribution in [1.29, 1.82) is 0 Å². The highest BCUT2D eigenvalue weighted by Crippen LogP contribution is 2.27. The monoisotopic (exact) mass is 340 g/mol. The first-order valence-corrected chi connectivity index (χ1v) is 7.91. The maximum absolute atomic E-state index is 12.3. The summed E-state index contributed by atoms with van der Waals surface area (Å²) in [7, 11) is 0. The van der Waals surface area contributed by atoms with Crippen molar-refractivity contribution in [3.05, 3.63) is 33.8 Å². The standard InChI is InChI=1S/C13H13BrN2O2S/c14-10-3-1-2-8-4-5-16(6-9(8)10)12(17)11-7-19-13(18)15-11/h1-3,11H,4-7H2,(H,15,18). The van der Waals surface area contributed by atoms with Gasteiger partial charge in [0.15, 0.2) is 0 Å². The van der Waals surface area contributed by atoms with Crippen molar-refractivity contribution >= 4 is 38.8 Å². The molecule has 1 unspecified atom stereocenters. The first-order chi connectivity index (χ1) is 9.15. The Morgan fingerprint density at radius 1 is 1.47 bits per heavy atom. The van der Waals surface area contributed by atoms with E-state index in [9.17, 15) is 9.59 Å². The predicted octanol–water partition coefficient (Wildman–Crippen LogP) is 2.16. The zero-order valence-corrected chi connectivity index (χ0v) is 12.6. The highest BCUT2D eigenvalue weighted by atomic mass is 79.9. The molecule has 1 aromatic carbocycles. The molecule has 0 saturated carbocycles. The molecule has 100 valence electrons. The number of hydrogen-bond donors (Lipinski definition) is 1. The second-order valence-electron chi connectivity index (χ2n) is 4.68. The minimum Gasteiger partial charge on any atom is -0.336 e. The van der Waals surface area contributed by atoms with Gasteiger partial charge in [0.05, 0.1) is 0 Å². The molecule has 2 aliphatic rings. The fraction of sp³-hybridized carbons (Fsp3) is 0.385. The number of carbonyl (C=O) groups is 2. The third-order valence-electron chi connectivity index (χ3n) is 3.50. The van der Waals surface area contributed by atoms with Crippen LogP contribution in [0.4, 0.5) is 4.79 Å². The summed E-state index contributed by atoms with van der Waals surface area (Å²) in [5.74, 6) is 0.566. The van der Waals surface area contributed by atoms with Crippen molar-refractivity contribution in [1.82, 2.24) is 10.2 Å². The van der Waals surface area contributed by atoms with Crippen LogP contribution in [-0.2, 0) is 17.8 Å². The van der Waals surface area contributed by atoms with E-state index in [1.54, 1.807) is 0 Å². The maximum Gasteiger partial charge on any atom is 0.279 e. The average Bonchev–Trinajstić information content (AvgIpc) is 2.85. The molecule has 0 radical (unpaired) electrons. The molecule has 4 nitrogen and oxygen atoms in total. The molecule has 19 heavy (non-hydrogen) atoms. The van der Waals surface area contributed by atoms with Crippen LogP contribution >= 0.6 is 27.7 Å². The lowest BCUT2D eigenvalue weighted by Gasteiger charge is -2.31. The first-order valence-electron chi connectivity index (χ1n) is 6.13. The second kappa shape index (κ2) is 5.17. The number of halogens is 1. The van der Waals surface area contributed by atoms with Crippen molar-refractivity contribution in [3.63, 3.8) is 0 Å². The van der Waals surface area contributed by atoms with Gasteiger partial charge in [-0.3, -0.25) is 9.59 Å². The molecular weight excluding hydrogens is 328 g/mol. The molecule has 0 aliphatic carbocycles. The molecule has 0 bridgehead atoms. The van der Waals surface area contributed by atoms with Crippen molar-refractivity contribution in [2.45, 2.75) is 19.0 Å². The smallest absolute Gasteiger partial charge is 0.279 e. The van der Waals surface area contributed by atoms with Gasteiger partial charge in [0.2, 0.25) is 5.91 Å². The molecule has 2 aliphatic heterocycles. The van der Waals surface area contributed by atoms with Crippen LogP contribution in [0.25, 0.3) is 0 Å². The summed E-state index contributed by atoms with van der Waals surface area (Å²) < 4.78 is 1.05. The van der Waals surface area contributed by atoms with Gasteiger partial charge in [0.25, 0.3) is 5.24 Å². The number of nitrogens with zero attached hydrogens (tertiary/aromatic N) is 1. The zero-order chi connectivity index (χ0) is 13.4. The lowest BCUT2D eigenvalue weighted by atomic mass is 9.99. The lowest BCUT2D eigenvalue weighted by Crippen LogP contribution is -2.47. The van der Waals surface area contributed by atoms with E-state index in [1.807, 2.05) is 17.0 Å². The van der Waals surface area contributed by atoms with Crippen LogP contribution in [-0.4, -0.2) is 34.4 Å². The van der Waals surface area contributed by atoms with E-state index in [0.717, 1.165) is 17.4 Å². The van der Waals surface area contributed by atoms with E-state index in [2.05, 4.69) is 27.3 Å².